The van der Waals surface area contributed by atoms with Crippen LogP contribution in [0, 0.1) is 0 Å². The van der Waals surface area contributed by atoms with Crippen LogP contribution in [0.25, 0.3) is 0 Å². The van der Waals surface area contributed by atoms with Crippen molar-refractivity contribution in [2.45, 2.75) is 20.4 Å². The first-order valence-corrected chi connectivity index (χ1v) is 8.47. The van der Waals surface area contributed by atoms with E-state index in [-0.39, 0.29) is 24.9 Å². The third-order valence-electron chi connectivity index (χ3n) is 3.11. The molecule has 0 aliphatic heterocycles. The number of benzene rings is 1. The van der Waals surface area contributed by atoms with Gasteiger partial charge in [-0.3, -0.25) is 4.79 Å². The number of aromatic nitrogens is 1. The Morgan fingerprint density at radius 1 is 1.28 bits per heavy atom. The number of esters is 1. The van der Waals surface area contributed by atoms with Crippen molar-refractivity contribution in [2.75, 3.05) is 23.8 Å². The number of ether oxygens (including phenoxy) is 1. The lowest BCUT2D eigenvalue weighted by Crippen LogP contribution is -2.15. The van der Waals surface area contributed by atoms with E-state index in [0.29, 0.717) is 40.7 Å². The van der Waals surface area contributed by atoms with E-state index in [2.05, 4.69) is 15.6 Å². The van der Waals surface area contributed by atoms with Crippen LogP contribution in [0.1, 0.15) is 39.7 Å². The molecule has 0 saturated heterocycles. The molecule has 1 aromatic carbocycles. The molecule has 25 heavy (non-hydrogen) atoms. The third kappa shape index (κ3) is 5.42. The van der Waals surface area contributed by atoms with Gasteiger partial charge in [-0.1, -0.05) is 0 Å². The molecular weight excluding hydrogens is 364 g/mol. The van der Waals surface area contributed by atoms with Crippen molar-refractivity contribution in [2.24, 2.45) is 5.73 Å². The molecule has 0 unspecified atom stereocenters. The Labute approximate surface area is 156 Å². The van der Waals surface area contributed by atoms with E-state index in [0.717, 1.165) is 0 Å². The molecule has 0 atom stereocenters. The van der Waals surface area contributed by atoms with Gasteiger partial charge in [0.25, 0.3) is 5.91 Å². The normalized spacial score (nSPS) is 9.88. The molecule has 0 fully saturated rings. The first kappa shape index (κ1) is 20.9. The molecule has 4 N–H and O–H groups in total. The monoisotopic (exact) mass is 384 g/mol. The number of thiazole rings is 1. The van der Waals surface area contributed by atoms with Gasteiger partial charge < -0.3 is 21.1 Å². The Morgan fingerprint density at radius 3 is 2.64 bits per heavy atom. The quantitative estimate of drug-likeness (QED) is 0.634. The van der Waals surface area contributed by atoms with Gasteiger partial charge in [0, 0.05) is 18.5 Å². The Bertz CT molecular complexity index is 736. The van der Waals surface area contributed by atoms with Crippen LogP contribution in [-0.4, -0.2) is 30.0 Å². The van der Waals surface area contributed by atoms with Gasteiger partial charge in [0.1, 0.15) is 10.7 Å². The van der Waals surface area contributed by atoms with E-state index in [4.69, 9.17) is 10.5 Å². The van der Waals surface area contributed by atoms with Gasteiger partial charge in [-0.25, -0.2) is 9.78 Å². The minimum absolute atomic E-state index is 0. The molecule has 136 valence electrons. The number of amides is 1. The van der Waals surface area contributed by atoms with Crippen LogP contribution in [0.5, 0.6) is 0 Å². The lowest BCUT2D eigenvalue weighted by molar-refractivity contribution is 0.0526. The molecule has 9 heteroatoms. The number of nitrogens with one attached hydrogen (secondary N) is 2. The summed E-state index contributed by atoms with van der Waals surface area (Å²) < 4.78 is 4.99. The number of nitrogens with zero attached hydrogens (tertiary/aromatic N) is 1. The van der Waals surface area contributed by atoms with Crippen molar-refractivity contribution in [1.82, 2.24) is 4.98 Å². The Morgan fingerprint density at radius 2 is 2.04 bits per heavy atom. The van der Waals surface area contributed by atoms with Crippen molar-refractivity contribution in [3.63, 3.8) is 0 Å². The molecule has 1 aromatic heterocycles. The molecule has 0 bridgehead atoms. The molecule has 0 aliphatic rings. The lowest BCUT2D eigenvalue weighted by Gasteiger charge is -2.13. The van der Waals surface area contributed by atoms with E-state index in [1.54, 1.807) is 30.5 Å². The fraction of sp³-hybridized carbons (Fsp3) is 0.312. The summed E-state index contributed by atoms with van der Waals surface area (Å²) in [6.07, 6.45) is 0. The van der Waals surface area contributed by atoms with Crippen molar-refractivity contribution in [3.05, 3.63) is 39.8 Å². The number of anilines is 2. The van der Waals surface area contributed by atoms with Gasteiger partial charge in [0.15, 0.2) is 0 Å². The zero-order chi connectivity index (χ0) is 17.5. The predicted molar refractivity (Wildman–Crippen MR) is 102 cm³/mol. The summed E-state index contributed by atoms with van der Waals surface area (Å²) in [5.41, 5.74) is 7.39. The van der Waals surface area contributed by atoms with E-state index in [9.17, 15) is 9.59 Å². The van der Waals surface area contributed by atoms with Gasteiger partial charge in [0.2, 0.25) is 0 Å². The molecule has 1 amide bonds. The van der Waals surface area contributed by atoms with E-state index in [1.165, 1.54) is 11.3 Å². The molecule has 0 radical (unpaired) electrons. The Balaban J connectivity index is 0.00000312. The highest BCUT2D eigenvalue weighted by molar-refractivity contribution is 7.09. The van der Waals surface area contributed by atoms with Crippen molar-refractivity contribution in [3.8, 4) is 0 Å². The van der Waals surface area contributed by atoms with Gasteiger partial charge in [0.05, 0.1) is 23.5 Å². The standard InChI is InChI=1S/C16H20N4O3S.ClH/c1-3-18-11-6-5-10(16(22)23-4-2)7-12(11)20-15(21)13-9-24-14(8-17)19-13;/h5-7,9,18H,3-4,8,17H2,1-2H3,(H,20,21);1H. The van der Waals surface area contributed by atoms with Crippen LogP contribution in [0.15, 0.2) is 23.6 Å². The highest BCUT2D eigenvalue weighted by atomic mass is 35.5. The average molecular weight is 385 g/mol. The smallest absolute Gasteiger partial charge is 0.338 e. The van der Waals surface area contributed by atoms with Gasteiger partial charge in [-0.2, -0.15) is 0 Å². The molecule has 0 spiro atoms. The van der Waals surface area contributed by atoms with Gasteiger partial charge in [-0.15, -0.1) is 23.7 Å². The molecule has 0 saturated carbocycles. The maximum atomic E-state index is 12.4. The fourth-order valence-electron chi connectivity index (χ4n) is 2.03. The van der Waals surface area contributed by atoms with Gasteiger partial charge in [-0.05, 0) is 32.0 Å². The summed E-state index contributed by atoms with van der Waals surface area (Å²) in [5, 5.41) is 8.26. The zero-order valence-electron chi connectivity index (χ0n) is 14.0. The minimum Gasteiger partial charge on any atom is -0.462 e. The number of hydrogen-bond donors (Lipinski definition) is 3. The van der Waals surface area contributed by atoms with Crippen LogP contribution in [0.2, 0.25) is 0 Å². The number of rotatable bonds is 7. The van der Waals surface area contributed by atoms with Crippen molar-refractivity contribution >= 4 is 47.0 Å². The molecule has 1 heterocycles. The summed E-state index contributed by atoms with van der Waals surface area (Å²) in [7, 11) is 0. The van der Waals surface area contributed by atoms with Crippen LogP contribution in [0.4, 0.5) is 11.4 Å². The predicted octanol–water partition coefficient (Wildman–Crippen LogP) is 2.88. The summed E-state index contributed by atoms with van der Waals surface area (Å²) in [6.45, 7) is 4.94. The molecule has 2 aromatic rings. The maximum Gasteiger partial charge on any atom is 0.338 e. The number of carbonyl (C=O) groups excluding carboxylic acids is 2. The first-order valence-electron chi connectivity index (χ1n) is 7.59. The minimum atomic E-state index is -0.435. The zero-order valence-corrected chi connectivity index (χ0v) is 15.6. The Hall–Kier alpha value is -2.16. The average Bonchev–Trinajstić information content (AvgIpc) is 3.06. The highest BCUT2D eigenvalue weighted by Crippen LogP contribution is 2.24. The summed E-state index contributed by atoms with van der Waals surface area (Å²) in [4.78, 5) is 28.4. The van der Waals surface area contributed by atoms with Crippen molar-refractivity contribution < 1.29 is 14.3 Å². The molecule has 0 aliphatic carbocycles. The fourth-order valence-corrected chi connectivity index (χ4v) is 2.68. The number of halogens is 1. The van der Waals surface area contributed by atoms with Crippen molar-refractivity contribution in [1.29, 1.82) is 0 Å². The summed E-state index contributed by atoms with van der Waals surface area (Å²) in [5.74, 6) is -0.791. The van der Waals surface area contributed by atoms with Crippen LogP contribution >= 0.6 is 23.7 Å². The largest absolute Gasteiger partial charge is 0.462 e. The number of carbonyl (C=O) groups is 2. The lowest BCUT2D eigenvalue weighted by atomic mass is 10.1. The third-order valence-corrected chi connectivity index (χ3v) is 3.98. The summed E-state index contributed by atoms with van der Waals surface area (Å²) in [6, 6.07) is 4.98. The van der Waals surface area contributed by atoms with Crippen LogP contribution in [0.3, 0.4) is 0 Å². The Kier molecular flexibility index (Phi) is 8.33. The second kappa shape index (κ2) is 9.97. The highest BCUT2D eigenvalue weighted by Gasteiger charge is 2.15. The van der Waals surface area contributed by atoms with Gasteiger partial charge >= 0.3 is 5.97 Å². The maximum absolute atomic E-state index is 12.4. The first-order chi connectivity index (χ1) is 11.6. The SMILES string of the molecule is CCNc1ccc(C(=O)OCC)cc1NC(=O)c1csc(CN)n1.Cl. The molecule has 2 rings (SSSR count). The van der Waals surface area contributed by atoms with E-state index >= 15 is 0 Å². The number of hydrogen-bond acceptors (Lipinski definition) is 7. The summed E-state index contributed by atoms with van der Waals surface area (Å²) >= 11 is 1.33. The molecular formula is C16H21ClN4O3S. The van der Waals surface area contributed by atoms with E-state index < -0.39 is 5.97 Å². The van der Waals surface area contributed by atoms with Crippen LogP contribution in [-0.2, 0) is 11.3 Å². The van der Waals surface area contributed by atoms with Crippen LogP contribution < -0.4 is 16.4 Å². The second-order valence-corrected chi connectivity index (χ2v) is 5.74. The second-order valence-electron chi connectivity index (χ2n) is 4.80. The van der Waals surface area contributed by atoms with E-state index in [1.807, 2.05) is 6.92 Å². The molecule has 7 nitrogen and oxygen atoms in total. The number of nitrogens with two attached hydrogens (primary N) is 1. The topological polar surface area (TPSA) is 106 Å².